The molecule has 0 saturated carbocycles. The fraction of sp³-hybridized carbons (Fsp3) is 0.733. The zero-order valence-electron chi connectivity index (χ0n) is 11.9. The summed E-state index contributed by atoms with van der Waals surface area (Å²) in [5, 5.41) is 12.1. The number of hydrogen-bond donors (Lipinski definition) is 1. The van der Waals surface area contributed by atoms with Crippen LogP contribution in [0, 0.1) is 11.8 Å². The molecule has 2 rings (SSSR count). The molecule has 0 amide bonds. The van der Waals surface area contributed by atoms with Crippen molar-refractivity contribution in [2.75, 3.05) is 26.2 Å². The zero-order chi connectivity index (χ0) is 13.7. The van der Waals surface area contributed by atoms with E-state index >= 15 is 0 Å². The molecule has 0 aliphatic carbocycles. The highest BCUT2D eigenvalue weighted by atomic mass is 32.1. The highest BCUT2D eigenvalue weighted by molar-refractivity contribution is 7.09. The molecule has 4 heteroatoms. The van der Waals surface area contributed by atoms with Gasteiger partial charge in [0.15, 0.2) is 0 Å². The summed E-state index contributed by atoms with van der Waals surface area (Å²) in [6, 6.07) is 4.08. The first-order valence-electron chi connectivity index (χ1n) is 7.14. The highest BCUT2D eigenvalue weighted by Crippen LogP contribution is 2.21. The monoisotopic (exact) mass is 283 g/mol. The van der Waals surface area contributed by atoms with Gasteiger partial charge >= 0.3 is 0 Å². The van der Waals surface area contributed by atoms with Crippen molar-refractivity contribution in [2.24, 2.45) is 11.8 Å². The fourth-order valence-corrected chi connectivity index (χ4v) is 3.62. The SMILES string of the molecule is CC1CC(C)CN(CC(O)COCc2cccs2)C1. The van der Waals surface area contributed by atoms with E-state index in [1.165, 1.54) is 11.3 Å². The smallest absolute Gasteiger partial charge is 0.0900 e. The van der Waals surface area contributed by atoms with E-state index in [0.717, 1.165) is 31.5 Å². The minimum atomic E-state index is -0.377. The van der Waals surface area contributed by atoms with E-state index in [1.807, 2.05) is 11.4 Å². The van der Waals surface area contributed by atoms with Crippen molar-refractivity contribution in [3.05, 3.63) is 22.4 Å². The lowest BCUT2D eigenvalue weighted by Gasteiger charge is -2.35. The van der Waals surface area contributed by atoms with Crippen molar-refractivity contribution in [3.63, 3.8) is 0 Å². The second-order valence-electron chi connectivity index (χ2n) is 5.91. The average Bonchev–Trinajstić information content (AvgIpc) is 2.80. The first-order chi connectivity index (χ1) is 9.13. The van der Waals surface area contributed by atoms with E-state index in [0.29, 0.717) is 13.2 Å². The Bertz CT molecular complexity index is 345. The van der Waals surface area contributed by atoms with Crippen molar-refractivity contribution in [2.45, 2.75) is 33.0 Å². The van der Waals surface area contributed by atoms with Gasteiger partial charge in [0.05, 0.1) is 19.3 Å². The maximum Gasteiger partial charge on any atom is 0.0900 e. The molecule has 0 bridgehead atoms. The number of aliphatic hydroxyl groups excluding tert-OH is 1. The fourth-order valence-electron chi connectivity index (χ4n) is 2.98. The third-order valence-electron chi connectivity index (χ3n) is 3.55. The van der Waals surface area contributed by atoms with E-state index in [9.17, 15) is 5.11 Å². The molecule has 1 aliphatic rings. The van der Waals surface area contributed by atoms with Crippen LogP contribution in [0.25, 0.3) is 0 Å². The summed E-state index contributed by atoms with van der Waals surface area (Å²) in [6.07, 6.45) is 0.930. The quantitative estimate of drug-likeness (QED) is 0.871. The van der Waals surface area contributed by atoms with Crippen LogP contribution in [-0.4, -0.2) is 42.4 Å². The molecule has 1 N–H and O–H groups in total. The van der Waals surface area contributed by atoms with Crippen molar-refractivity contribution < 1.29 is 9.84 Å². The highest BCUT2D eigenvalue weighted by Gasteiger charge is 2.23. The van der Waals surface area contributed by atoms with Gasteiger partial charge in [0.2, 0.25) is 0 Å². The minimum Gasteiger partial charge on any atom is -0.389 e. The summed E-state index contributed by atoms with van der Waals surface area (Å²) < 4.78 is 5.57. The van der Waals surface area contributed by atoms with Gasteiger partial charge < -0.3 is 14.7 Å². The first kappa shape index (κ1) is 15.0. The van der Waals surface area contributed by atoms with Crippen LogP contribution in [-0.2, 0) is 11.3 Å². The molecule has 0 aromatic carbocycles. The predicted octanol–water partition coefficient (Wildman–Crippen LogP) is 2.60. The van der Waals surface area contributed by atoms with Crippen molar-refractivity contribution in [3.8, 4) is 0 Å². The minimum absolute atomic E-state index is 0.377. The summed E-state index contributed by atoms with van der Waals surface area (Å²) >= 11 is 1.69. The number of hydrogen-bond acceptors (Lipinski definition) is 4. The second kappa shape index (κ2) is 7.39. The second-order valence-corrected chi connectivity index (χ2v) is 6.95. The van der Waals surface area contributed by atoms with Gasteiger partial charge in [0.1, 0.15) is 0 Å². The summed E-state index contributed by atoms with van der Waals surface area (Å²) in [5.74, 6) is 1.48. The first-order valence-corrected chi connectivity index (χ1v) is 8.02. The average molecular weight is 283 g/mol. The van der Waals surface area contributed by atoms with Crippen molar-refractivity contribution >= 4 is 11.3 Å². The molecule has 1 saturated heterocycles. The lowest BCUT2D eigenvalue weighted by molar-refractivity contribution is -0.000254. The van der Waals surface area contributed by atoms with Gasteiger partial charge in [-0.05, 0) is 29.7 Å². The summed E-state index contributed by atoms with van der Waals surface area (Å²) in [4.78, 5) is 3.59. The Kier molecular flexibility index (Phi) is 5.82. The van der Waals surface area contributed by atoms with Gasteiger partial charge in [-0.1, -0.05) is 19.9 Å². The summed E-state index contributed by atoms with van der Waals surface area (Å²) in [5.41, 5.74) is 0. The van der Waals surface area contributed by atoms with E-state index in [1.54, 1.807) is 11.3 Å². The number of β-amino-alcohol motifs (C(OH)–C–C–N with tert-alkyl or cyclic N) is 1. The number of piperidine rings is 1. The molecule has 3 unspecified atom stereocenters. The Morgan fingerprint density at radius 3 is 2.79 bits per heavy atom. The van der Waals surface area contributed by atoms with Gasteiger partial charge in [-0.25, -0.2) is 0 Å². The van der Waals surface area contributed by atoms with Gasteiger partial charge in [-0.15, -0.1) is 11.3 Å². The molecule has 1 fully saturated rings. The molecular formula is C15H25NO2S. The van der Waals surface area contributed by atoms with Crippen LogP contribution in [0.3, 0.4) is 0 Å². The van der Waals surface area contributed by atoms with Crippen LogP contribution >= 0.6 is 11.3 Å². The molecule has 2 heterocycles. The molecule has 19 heavy (non-hydrogen) atoms. The molecule has 0 radical (unpaired) electrons. The van der Waals surface area contributed by atoms with Gasteiger partial charge in [-0.3, -0.25) is 0 Å². The molecule has 108 valence electrons. The summed E-state index contributed by atoms with van der Waals surface area (Å²) in [7, 11) is 0. The molecule has 1 aromatic heterocycles. The molecular weight excluding hydrogens is 258 g/mol. The molecule has 1 aliphatic heterocycles. The number of aliphatic hydroxyl groups is 1. The van der Waals surface area contributed by atoms with Crippen molar-refractivity contribution in [1.29, 1.82) is 0 Å². The Hall–Kier alpha value is -0.420. The molecule has 0 spiro atoms. The molecule has 3 atom stereocenters. The third-order valence-corrected chi connectivity index (χ3v) is 4.40. The molecule has 1 aromatic rings. The van der Waals surface area contributed by atoms with E-state index in [-0.39, 0.29) is 6.10 Å². The van der Waals surface area contributed by atoms with Crippen LogP contribution in [0.1, 0.15) is 25.1 Å². The van der Waals surface area contributed by atoms with Crippen LogP contribution in [0.15, 0.2) is 17.5 Å². The normalized spacial score (nSPS) is 26.5. The van der Waals surface area contributed by atoms with Crippen LogP contribution in [0.5, 0.6) is 0 Å². The Morgan fingerprint density at radius 1 is 1.42 bits per heavy atom. The maximum atomic E-state index is 10.0. The molecule has 3 nitrogen and oxygen atoms in total. The van der Waals surface area contributed by atoms with Crippen LogP contribution in [0.4, 0.5) is 0 Å². The standard InChI is InChI=1S/C15H25NO2S/c1-12-6-13(2)8-16(7-12)9-14(17)10-18-11-15-4-3-5-19-15/h3-5,12-14,17H,6-11H2,1-2H3. The van der Waals surface area contributed by atoms with Crippen LogP contribution < -0.4 is 0 Å². The van der Waals surface area contributed by atoms with Crippen molar-refractivity contribution in [1.82, 2.24) is 4.90 Å². The lowest BCUT2D eigenvalue weighted by Crippen LogP contribution is -2.43. The Labute approximate surface area is 120 Å². The number of ether oxygens (including phenoxy) is 1. The number of rotatable bonds is 6. The van der Waals surface area contributed by atoms with E-state index < -0.39 is 0 Å². The largest absolute Gasteiger partial charge is 0.389 e. The summed E-state index contributed by atoms with van der Waals surface area (Å²) in [6.45, 7) is 8.57. The van der Waals surface area contributed by atoms with Gasteiger partial charge in [0.25, 0.3) is 0 Å². The van der Waals surface area contributed by atoms with Gasteiger partial charge in [0, 0.05) is 24.5 Å². The third kappa shape index (κ3) is 5.22. The lowest BCUT2D eigenvalue weighted by atomic mass is 9.92. The Balaban J connectivity index is 1.64. The zero-order valence-corrected chi connectivity index (χ0v) is 12.7. The maximum absolute atomic E-state index is 10.0. The van der Waals surface area contributed by atoms with Crippen LogP contribution in [0.2, 0.25) is 0 Å². The number of thiophene rings is 1. The predicted molar refractivity (Wildman–Crippen MR) is 79.4 cm³/mol. The number of nitrogens with zero attached hydrogens (tertiary/aromatic N) is 1. The number of likely N-dealkylation sites (tertiary alicyclic amines) is 1. The van der Waals surface area contributed by atoms with E-state index in [2.05, 4.69) is 24.8 Å². The Morgan fingerprint density at radius 2 is 2.16 bits per heavy atom. The topological polar surface area (TPSA) is 32.7 Å². The van der Waals surface area contributed by atoms with Gasteiger partial charge in [-0.2, -0.15) is 0 Å². The van der Waals surface area contributed by atoms with E-state index in [4.69, 9.17) is 4.74 Å².